The molecule has 96 valence electrons. The van der Waals surface area contributed by atoms with Gasteiger partial charge in [0.25, 0.3) is 0 Å². The number of aryl methyl sites for hydroxylation is 1. The van der Waals surface area contributed by atoms with Crippen LogP contribution in [0.2, 0.25) is 0 Å². The molecule has 0 bridgehead atoms. The Hall–Kier alpha value is -0.940. The lowest BCUT2D eigenvalue weighted by atomic mass is 9.92. The Kier molecular flexibility index (Phi) is 4.12. The Bertz CT molecular complexity index is 343. The van der Waals surface area contributed by atoms with Gasteiger partial charge in [-0.2, -0.15) is 4.98 Å². The Balaban J connectivity index is 1.81. The number of likely N-dealkylation sites (tertiary alicyclic amines) is 1. The minimum absolute atomic E-state index is 0.186. The second-order valence-electron chi connectivity index (χ2n) is 4.81. The van der Waals surface area contributed by atoms with Crippen molar-refractivity contribution in [3.8, 4) is 0 Å². The molecule has 2 heterocycles. The fourth-order valence-electron chi connectivity index (χ4n) is 2.29. The van der Waals surface area contributed by atoms with Gasteiger partial charge in [0.2, 0.25) is 5.89 Å². The summed E-state index contributed by atoms with van der Waals surface area (Å²) in [6.45, 7) is 6.66. The van der Waals surface area contributed by atoms with Gasteiger partial charge in [0.15, 0.2) is 5.82 Å². The summed E-state index contributed by atoms with van der Waals surface area (Å²) in [5.41, 5.74) is 0. The van der Waals surface area contributed by atoms with Crippen molar-refractivity contribution < 1.29 is 9.63 Å². The summed E-state index contributed by atoms with van der Waals surface area (Å²) in [7, 11) is 0. The molecule has 2 rings (SSSR count). The van der Waals surface area contributed by atoms with Crippen molar-refractivity contribution in [2.75, 3.05) is 13.1 Å². The summed E-state index contributed by atoms with van der Waals surface area (Å²) in [6.07, 6.45) is 2.71. The van der Waals surface area contributed by atoms with E-state index >= 15 is 0 Å². The average molecular weight is 239 g/mol. The Morgan fingerprint density at radius 2 is 2.18 bits per heavy atom. The van der Waals surface area contributed by atoms with E-state index in [1.165, 1.54) is 0 Å². The zero-order valence-corrected chi connectivity index (χ0v) is 10.6. The molecule has 17 heavy (non-hydrogen) atoms. The van der Waals surface area contributed by atoms with Crippen LogP contribution in [-0.2, 0) is 13.0 Å². The number of hydrogen-bond acceptors (Lipinski definition) is 5. The SMILES string of the molecule is CCc1nc(CN2CCC(C(C)O)CC2)no1. The molecule has 1 saturated heterocycles. The standard InChI is InChI=1S/C12H21N3O2/c1-3-12-13-11(14-17-12)8-15-6-4-10(5-7-15)9(2)16/h9-10,16H,3-8H2,1-2H3. The minimum atomic E-state index is -0.186. The van der Waals surface area contributed by atoms with E-state index in [4.69, 9.17) is 4.52 Å². The quantitative estimate of drug-likeness (QED) is 0.856. The van der Waals surface area contributed by atoms with E-state index in [1.54, 1.807) is 0 Å². The fourth-order valence-corrected chi connectivity index (χ4v) is 2.29. The maximum absolute atomic E-state index is 9.53. The van der Waals surface area contributed by atoms with Crippen LogP contribution < -0.4 is 0 Å². The number of aliphatic hydroxyl groups is 1. The number of piperidine rings is 1. The lowest BCUT2D eigenvalue weighted by Gasteiger charge is -2.32. The van der Waals surface area contributed by atoms with Gasteiger partial charge in [-0.1, -0.05) is 12.1 Å². The molecule has 1 fully saturated rings. The van der Waals surface area contributed by atoms with Crippen molar-refractivity contribution in [3.63, 3.8) is 0 Å². The highest BCUT2D eigenvalue weighted by atomic mass is 16.5. The maximum Gasteiger partial charge on any atom is 0.226 e. The van der Waals surface area contributed by atoms with Gasteiger partial charge in [0.1, 0.15) is 0 Å². The molecule has 1 aromatic rings. The summed E-state index contributed by atoms with van der Waals surface area (Å²) < 4.78 is 5.09. The number of nitrogens with zero attached hydrogens (tertiary/aromatic N) is 3. The maximum atomic E-state index is 9.53. The van der Waals surface area contributed by atoms with Gasteiger partial charge in [0.05, 0.1) is 12.6 Å². The molecule has 5 heteroatoms. The summed E-state index contributed by atoms with van der Waals surface area (Å²) >= 11 is 0. The summed E-state index contributed by atoms with van der Waals surface area (Å²) in [5, 5.41) is 13.5. The third-order valence-corrected chi connectivity index (χ3v) is 3.49. The van der Waals surface area contributed by atoms with Crippen LogP contribution in [0.3, 0.4) is 0 Å². The van der Waals surface area contributed by atoms with Crippen LogP contribution in [0.1, 0.15) is 38.4 Å². The number of aliphatic hydroxyl groups excluding tert-OH is 1. The predicted molar refractivity (Wildman–Crippen MR) is 63.4 cm³/mol. The molecule has 1 N–H and O–H groups in total. The monoisotopic (exact) mass is 239 g/mol. The molecule has 1 aromatic heterocycles. The van der Waals surface area contributed by atoms with E-state index in [2.05, 4.69) is 15.0 Å². The zero-order valence-electron chi connectivity index (χ0n) is 10.6. The van der Waals surface area contributed by atoms with Crippen LogP contribution in [0.15, 0.2) is 4.52 Å². The highest BCUT2D eigenvalue weighted by Crippen LogP contribution is 2.21. The molecule has 5 nitrogen and oxygen atoms in total. The van der Waals surface area contributed by atoms with Crippen molar-refractivity contribution in [1.29, 1.82) is 0 Å². The largest absolute Gasteiger partial charge is 0.393 e. The molecule has 0 spiro atoms. The molecule has 0 amide bonds. The Morgan fingerprint density at radius 3 is 2.71 bits per heavy atom. The van der Waals surface area contributed by atoms with Gasteiger partial charge in [-0.25, -0.2) is 0 Å². The third kappa shape index (κ3) is 3.26. The first-order valence-electron chi connectivity index (χ1n) is 6.41. The average Bonchev–Trinajstić information content (AvgIpc) is 2.77. The second kappa shape index (κ2) is 5.60. The number of hydrogen-bond donors (Lipinski definition) is 1. The molecule has 0 saturated carbocycles. The number of aromatic nitrogens is 2. The second-order valence-corrected chi connectivity index (χ2v) is 4.81. The summed E-state index contributed by atoms with van der Waals surface area (Å²) in [4.78, 5) is 6.63. The van der Waals surface area contributed by atoms with Crippen LogP contribution in [0, 0.1) is 5.92 Å². The summed E-state index contributed by atoms with van der Waals surface area (Å²) in [5.74, 6) is 1.93. The van der Waals surface area contributed by atoms with Gasteiger partial charge in [0, 0.05) is 6.42 Å². The van der Waals surface area contributed by atoms with Gasteiger partial charge < -0.3 is 9.63 Å². The zero-order chi connectivity index (χ0) is 12.3. The van der Waals surface area contributed by atoms with Crippen LogP contribution in [-0.4, -0.2) is 39.3 Å². The molecule has 0 aromatic carbocycles. The van der Waals surface area contributed by atoms with E-state index < -0.39 is 0 Å². The molecule has 1 aliphatic heterocycles. The lowest BCUT2D eigenvalue weighted by molar-refractivity contribution is 0.0684. The first-order valence-corrected chi connectivity index (χ1v) is 6.41. The first-order chi connectivity index (χ1) is 8.19. The molecular weight excluding hydrogens is 218 g/mol. The van der Waals surface area contributed by atoms with Crippen LogP contribution in [0.4, 0.5) is 0 Å². The van der Waals surface area contributed by atoms with E-state index in [-0.39, 0.29) is 6.10 Å². The van der Waals surface area contributed by atoms with Crippen LogP contribution in [0.5, 0.6) is 0 Å². The Morgan fingerprint density at radius 1 is 1.47 bits per heavy atom. The van der Waals surface area contributed by atoms with E-state index in [0.717, 1.165) is 44.7 Å². The highest BCUT2D eigenvalue weighted by Gasteiger charge is 2.23. The number of rotatable bonds is 4. The van der Waals surface area contributed by atoms with Crippen molar-refractivity contribution >= 4 is 0 Å². The van der Waals surface area contributed by atoms with E-state index in [0.29, 0.717) is 11.8 Å². The topological polar surface area (TPSA) is 62.4 Å². The predicted octanol–water partition coefficient (Wildman–Crippen LogP) is 1.22. The van der Waals surface area contributed by atoms with Crippen LogP contribution in [0.25, 0.3) is 0 Å². The molecule has 1 unspecified atom stereocenters. The van der Waals surface area contributed by atoms with E-state index in [9.17, 15) is 5.11 Å². The van der Waals surface area contributed by atoms with Crippen molar-refractivity contribution in [2.45, 2.75) is 45.8 Å². The summed E-state index contributed by atoms with van der Waals surface area (Å²) in [6, 6.07) is 0. The molecular formula is C12H21N3O2. The van der Waals surface area contributed by atoms with Crippen molar-refractivity contribution in [3.05, 3.63) is 11.7 Å². The lowest BCUT2D eigenvalue weighted by Crippen LogP contribution is -2.36. The minimum Gasteiger partial charge on any atom is -0.393 e. The first kappa shape index (κ1) is 12.5. The Labute approximate surface area is 102 Å². The van der Waals surface area contributed by atoms with Gasteiger partial charge in [-0.15, -0.1) is 0 Å². The highest BCUT2D eigenvalue weighted by molar-refractivity contribution is 4.87. The van der Waals surface area contributed by atoms with Crippen LogP contribution >= 0.6 is 0 Å². The van der Waals surface area contributed by atoms with Crippen molar-refractivity contribution in [2.24, 2.45) is 5.92 Å². The normalized spacial score (nSPS) is 20.6. The fraction of sp³-hybridized carbons (Fsp3) is 0.833. The van der Waals surface area contributed by atoms with Gasteiger partial charge >= 0.3 is 0 Å². The third-order valence-electron chi connectivity index (χ3n) is 3.49. The molecule has 0 aliphatic carbocycles. The molecule has 1 atom stereocenters. The molecule has 1 aliphatic rings. The molecule has 0 radical (unpaired) electrons. The smallest absolute Gasteiger partial charge is 0.226 e. The van der Waals surface area contributed by atoms with Gasteiger partial charge in [-0.05, 0) is 38.8 Å². The van der Waals surface area contributed by atoms with Crippen molar-refractivity contribution in [1.82, 2.24) is 15.0 Å². The van der Waals surface area contributed by atoms with E-state index in [1.807, 2.05) is 13.8 Å². The van der Waals surface area contributed by atoms with Gasteiger partial charge in [-0.3, -0.25) is 4.90 Å².